The van der Waals surface area contributed by atoms with E-state index in [1.54, 1.807) is 44.4 Å². The molecule has 0 spiro atoms. The van der Waals surface area contributed by atoms with Crippen LogP contribution in [0.15, 0.2) is 42.5 Å². The number of non-ortho nitro benzene ring substituents is 1. The fourth-order valence-corrected chi connectivity index (χ4v) is 2.58. The van der Waals surface area contributed by atoms with Crippen molar-refractivity contribution in [2.75, 3.05) is 12.4 Å². The normalized spacial score (nSPS) is 11.4. The minimum absolute atomic E-state index is 0.0198. The average molecular weight is 371 g/mol. The minimum Gasteiger partial charge on any atom is -0.497 e. The zero-order valence-electron chi connectivity index (χ0n) is 15.3. The van der Waals surface area contributed by atoms with Gasteiger partial charge in [0.25, 0.3) is 5.69 Å². The molecule has 0 aromatic heterocycles. The zero-order chi connectivity index (χ0) is 20.0. The number of anilines is 1. The van der Waals surface area contributed by atoms with E-state index >= 15 is 0 Å². The van der Waals surface area contributed by atoms with Crippen LogP contribution in [-0.4, -0.2) is 23.8 Å². The standard InChI is InChI=1S/C19H21N3O5/c1-12-4-7-15(22(25)26)10-17(12)21-19(24)11-18(20-13(2)23)14-5-8-16(27-3)9-6-14/h4-10,18H,11H2,1-3H3,(H,20,23)(H,21,24). The van der Waals surface area contributed by atoms with Crippen molar-refractivity contribution in [3.63, 3.8) is 0 Å². The van der Waals surface area contributed by atoms with Crippen molar-refractivity contribution in [2.45, 2.75) is 26.3 Å². The molecule has 0 bridgehead atoms. The molecule has 27 heavy (non-hydrogen) atoms. The fourth-order valence-electron chi connectivity index (χ4n) is 2.58. The third-order valence-electron chi connectivity index (χ3n) is 3.99. The summed E-state index contributed by atoms with van der Waals surface area (Å²) in [5.41, 5.74) is 1.71. The van der Waals surface area contributed by atoms with Crippen molar-refractivity contribution in [3.8, 4) is 5.75 Å². The molecule has 2 rings (SSSR count). The number of carbonyl (C=O) groups is 2. The van der Waals surface area contributed by atoms with Gasteiger partial charge in [0.1, 0.15) is 5.75 Å². The first-order chi connectivity index (χ1) is 12.8. The highest BCUT2D eigenvalue weighted by Crippen LogP contribution is 2.24. The highest BCUT2D eigenvalue weighted by atomic mass is 16.6. The van der Waals surface area contributed by atoms with Crippen molar-refractivity contribution < 1.29 is 19.2 Å². The van der Waals surface area contributed by atoms with Gasteiger partial charge in [0, 0.05) is 19.1 Å². The van der Waals surface area contributed by atoms with Gasteiger partial charge in [-0.25, -0.2) is 0 Å². The number of hydrogen-bond acceptors (Lipinski definition) is 5. The summed E-state index contributed by atoms with van der Waals surface area (Å²) in [4.78, 5) is 34.4. The molecule has 1 unspecified atom stereocenters. The number of rotatable bonds is 7. The van der Waals surface area contributed by atoms with Crippen LogP contribution < -0.4 is 15.4 Å². The number of nitro groups is 1. The van der Waals surface area contributed by atoms with Gasteiger partial charge in [0.15, 0.2) is 0 Å². The Bertz CT molecular complexity index is 849. The molecule has 2 aromatic rings. The molecular weight excluding hydrogens is 350 g/mol. The summed E-state index contributed by atoms with van der Waals surface area (Å²) in [6.07, 6.45) is -0.0198. The molecule has 2 N–H and O–H groups in total. The van der Waals surface area contributed by atoms with Crippen molar-refractivity contribution >= 4 is 23.2 Å². The van der Waals surface area contributed by atoms with E-state index in [0.29, 0.717) is 17.0 Å². The molecule has 1 atom stereocenters. The second-order valence-electron chi connectivity index (χ2n) is 6.03. The molecule has 142 valence electrons. The van der Waals surface area contributed by atoms with Crippen LogP contribution in [0.3, 0.4) is 0 Å². The predicted molar refractivity (Wildman–Crippen MR) is 101 cm³/mol. The van der Waals surface area contributed by atoms with Gasteiger partial charge in [-0.05, 0) is 30.2 Å². The van der Waals surface area contributed by atoms with Crippen LogP contribution in [-0.2, 0) is 9.59 Å². The molecule has 8 heteroatoms. The lowest BCUT2D eigenvalue weighted by atomic mass is 10.0. The molecule has 0 saturated heterocycles. The SMILES string of the molecule is COc1ccc(C(CC(=O)Nc2cc([N+](=O)[O-])ccc2C)NC(C)=O)cc1. The highest BCUT2D eigenvalue weighted by Gasteiger charge is 2.19. The van der Waals surface area contributed by atoms with Crippen LogP contribution in [0, 0.1) is 17.0 Å². The monoisotopic (exact) mass is 371 g/mol. The van der Waals surface area contributed by atoms with Gasteiger partial charge in [0.05, 0.1) is 30.2 Å². The number of nitro benzene ring substituents is 1. The van der Waals surface area contributed by atoms with Gasteiger partial charge in [-0.2, -0.15) is 0 Å². The summed E-state index contributed by atoms with van der Waals surface area (Å²) in [6.45, 7) is 3.12. The molecule has 2 aromatic carbocycles. The van der Waals surface area contributed by atoms with Gasteiger partial charge in [-0.3, -0.25) is 19.7 Å². The topological polar surface area (TPSA) is 111 Å². The van der Waals surface area contributed by atoms with Gasteiger partial charge in [-0.1, -0.05) is 18.2 Å². The number of hydrogen-bond donors (Lipinski definition) is 2. The summed E-state index contributed by atoms with van der Waals surface area (Å²) < 4.78 is 5.11. The summed E-state index contributed by atoms with van der Waals surface area (Å²) in [7, 11) is 1.55. The first-order valence-corrected chi connectivity index (χ1v) is 8.26. The van der Waals surface area contributed by atoms with Crippen LogP contribution in [0.4, 0.5) is 11.4 Å². The smallest absolute Gasteiger partial charge is 0.271 e. The molecule has 0 fully saturated rings. The molecule has 0 saturated carbocycles. The van der Waals surface area contributed by atoms with E-state index in [4.69, 9.17) is 4.74 Å². The van der Waals surface area contributed by atoms with Crippen LogP contribution in [0.25, 0.3) is 0 Å². The third-order valence-corrected chi connectivity index (χ3v) is 3.99. The van der Waals surface area contributed by atoms with Crippen molar-refractivity contribution in [2.24, 2.45) is 0 Å². The van der Waals surface area contributed by atoms with Gasteiger partial charge >= 0.3 is 0 Å². The van der Waals surface area contributed by atoms with Crippen molar-refractivity contribution in [3.05, 3.63) is 63.7 Å². The zero-order valence-corrected chi connectivity index (χ0v) is 15.3. The fraction of sp³-hybridized carbons (Fsp3) is 0.263. The lowest BCUT2D eigenvalue weighted by molar-refractivity contribution is -0.384. The number of amides is 2. The number of aryl methyl sites for hydroxylation is 1. The molecule has 0 radical (unpaired) electrons. The van der Waals surface area contributed by atoms with E-state index in [1.165, 1.54) is 19.1 Å². The minimum atomic E-state index is -0.535. The maximum Gasteiger partial charge on any atom is 0.271 e. The van der Waals surface area contributed by atoms with Crippen LogP contribution in [0.1, 0.15) is 30.5 Å². The summed E-state index contributed by atoms with van der Waals surface area (Å²) in [5, 5.41) is 16.3. The summed E-state index contributed by atoms with van der Waals surface area (Å²) >= 11 is 0. The van der Waals surface area contributed by atoms with Gasteiger partial charge in [0.2, 0.25) is 11.8 Å². The lowest BCUT2D eigenvalue weighted by Crippen LogP contribution is -2.29. The van der Waals surface area contributed by atoms with E-state index in [0.717, 1.165) is 5.56 Å². The first-order valence-electron chi connectivity index (χ1n) is 8.26. The Balaban J connectivity index is 2.17. The molecule has 0 heterocycles. The van der Waals surface area contributed by atoms with Crippen LogP contribution in [0.5, 0.6) is 5.75 Å². The van der Waals surface area contributed by atoms with E-state index in [1.807, 2.05) is 0 Å². The average Bonchev–Trinajstić information content (AvgIpc) is 2.62. The summed E-state index contributed by atoms with van der Waals surface area (Å²) in [5.74, 6) is 0.0281. The Labute approximate surface area is 156 Å². The first kappa shape index (κ1) is 19.9. The van der Waals surface area contributed by atoms with E-state index in [9.17, 15) is 19.7 Å². The predicted octanol–water partition coefficient (Wildman–Crippen LogP) is 3.12. The Hall–Kier alpha value is -3.42. The Morgan fingerprint density at radius 3 is 2.41 bits per heavy atom. The highest BCUT2D eigenvalue weighted by molar-refractivity contribution is 5.92. The molecule has 2 amide bonds. The number of nitrogens with zero attached hydrogens (tertiary/aromatic N) is 1. The Morgan fingerprint density at radius 1 is 1.19 bits per heavy atom. The molecule has 0 aliphatic heterocycles. The largest absolute Gasteiger partial charge is 0.497 e. The van der Waals surface area contributed by atoms with E-state index in [2.05, 4.69) is 10.6 Å². The van der Waals surface area contributed by atoms with Crippen LogP contribution >= 0.6 is 0 Å². The van der Waals surface area contributed by atoms with E-state index < -0.39 is 11.0 Å². The second-order valence-corrected chi connectivity index (χ2v) is 6.03. The van der Waals surface area contributed by atoms with Gasteiger partial charge < -0.3 is 15.4 Å². The number of methoxy groups -OCH3 is 1. The number of ether oxygens (including phenoxy) is 1. The number of carbonyl (C=O) groups excluding carboxylic acids is 2. The van der Waals surface area contributed by atoms with Gasteiger partial charge in [-0.15, -0.1) is 0 Å². The Morgan fingerprint density at radius 2 is 1.85 bits per heavy atom. The molecule has 8 nitrogen and oxygen atoms in total. The maximum atomic E-state index is 12.5. The number of nitrogens with one attached hydrogen (secondary N) is 2. The molecule has 0 aliphatic rings. The Kier molecular flexibility index (Phi) is 6.48. The lowest BCUT2D eigenvalue weighted by Gasteiger charge is -2.19. The molecular formula is C19H21N3O5. The molecule has 0 aliphatic carbocycles. The quantitative estimate of drug-likeness (QED) is 0.574. The number of benzene rings is 2. The van der Waals surface area contributed by atoms with Crippen molar-refractivity contribution in [1.29, 1.82) is 0 Å². The van der Waals surface area contributed by atoms with E-state index in [-0.39, 0.29) is 23.9 Å². The summed E-state index contributed by atoms with van der Waals surface area (Å²) in [6, 6.07) is 10.8. The maximum absolute atomic E-state index is 12.5. The van der Waals surface area contributed by atoms with Crippen LogP contribution in [0.2, 0.25) is 0 Å². The third kappa shape index (κ3) is 5.53. The van der Waals surface area contributed by atoms with Crippen molar-refractivity contribution in [1.82, 2.24) is 5.32 Å². The second kappa shape index (κ2) is 8.79.